The maximum atomic E-state index is 14.5. The van der Waals surface area contributed by atoms with Crippen LogP contribution in [0.1, 0.15) is 98.7 Å². The van der Waals surface area contributed by atoms with Gasteiger partial charge in [0.05, 0.1) is 42.7 Å². The molecular formula is C48H46N4O20. The zero-order valence-electron chi connectivity index (χ0n) is 39.6. The number of amides is 1. The van der Waals surface area contributed by atoms with Gasteiger partial charge in [-0.3, -0.25) is 34.1 Å². The smallest absolute Gasteiger partial charge is 0.364 e. The van der Waals surface area contributed by atoms with E-state index in [1.54, 1.807) is 0 Å². The summed E-state index contributed by atoms with van der Waals surface area (Å²) in [6.45, 7) is 7.34. The molecular weight excluding hydrogens is 953 g/mol. The quantitative estimate of drug-likeness (QED) is 0.0606. The lowest BCUT2D eigenvalue weighted by Crippen LogP contribution is -2.60. The lowest BCUT2D eigenvalue weighted by Gasteiger charge is -2.40. The highest BCUT2D eigenvalue weighted by Crippen LogP contribution is 2.42. The number of phenols is 1. The number of hydrogen-bond acceptors (Lipinski definition) is 22. The van der Waals surface area contributed by atoms with Crippen molar-refractivity contribution in [1.29, 1.82) is 0 Å². The van der Waals surface area contributed by atoms with Gasteiger partial charge >= 0.3 is 11.6 Å². The Morgan fingerprint density at radius 1 is 0.958 bits per heavy atom. The Morgan fingerprint density at radius 3 is 2.33 bits per heavy atom. The van der Waals surface area contributed by atoms with Gasteiger partial charge in [0, 0.05) is 42.6 Å². The summed E-state index contributed by atoms with van der Waals surface area (Å²) < 4.78 is 39.3. The Bertz CT molecular complexity index is 3210. The number of hydrogen-bond donors (Lipinski definition) is 6. The standard InChI is InChI=1S/C48H46N4O20/c1-17-11-19(3)40(39(59)42(60)48(6)16-49-30-36(56)23-12-18(2)34(54)29(33(17)53)28(23)38(58)41(30)72-48)71-46(63)32-37(57)26(69-27-15-47(5,52(64)65)43(67-8)20(4)68-27)14-24(50-32)44(61)51-31-35(55)22-10-9-21(66-7)13-25(22)70-45(31)62/h9-14,19-20,27,39-40,43,49,54-55,57,59H,15-16H2,1-8H3,(H,51,61)/b17-11-. The minimum Gasteiger partial charge on any atom is -0.507 e. The van der Waals surface area contributed by atoms with Gasteiger partial charge in [0.15, 0.2) is 58.0 Å². The summed E-state index contributed by atoms with van der Waals surface area (Å²) in [6, 6.07) is 6.06. The number of aliphatic hydroxyl groups excluding tert-OH is 1. The van der Waals surface area contributed by atoms with E-state index in [1.165, 1.54) is 80.0 Å². The molecule has 3 aliphatic heterocycles. The lowest BCUT2D eigenvalue weighted by atomic mass is 9.82. The second-order valence-electron chi connectivity index (χ2n) is 18.1. The van der Waals surface area contributed by atoms with Crippen LogP contribution >= 0.6 is 0 Å². The molecule has 0 radical (unpaired) electrons. The van der Waals surface area contributed by atoms with Gasteiger partial charge in [-0.15, -0.1) is 0 Å². The third-order valence-electron chi connectivity index (χ3n) is 13.1. The summed E-state index contributed by atoms with van der Waals surface area (Å²) in [6.07, 6.45) is -7.53. The Balaban J connectivity index is 1.22. The average Bonchev–Trinajstić information content (AvgIpc) is 3.33. The molecule has 8 rings (SSSR count). The highest BCUT2D eigenvalue weighted by molar-refractivity contribution is 6.31. The number of nitrogens with one attached hydrogen (secondary N) is 2. The van der Waals surface area contributed by atoms with Crippen LogP contribution < -0.4 is 25.7 Å². The van der Waals surface area contributed by atoms with Crippen molar-refractivity contribution in [3.8, 4) is 28.7 Å². The van der Waals surface area contributed by atoms with Crippen molar-refractivity contribution in [2.75, 3.05) is 26.1 Å². The fourth-order valence-electron chi connectivity index (χ4n) is 9.28. The van der Waals surface area contributed by atoms with Gasteiger partial charge < -0.3 is 63.9 Å². The van der Waals surface area contributed by atoms with E-state index in [0.717, 1.165) is 12.1 Å². The molecule has 24 nitrogen and oxygen atoms in total. The molecule has 2 aromatic heterocycles. The summed E-state index contributed by atoms with van der Waals surface area (Å²) >= 11 is 0. The van der Waals surface area contributed by atoms with E-state index in [1.807, 2.05) is 0 Å². The zero-order valence-corrected chi connectivity index (χ0v) is 39.6. The van der Waals surface area contributed by atoms with E-state index in [0.29, 0.717) is 0 Å². The van der Waals surface area contributed by atoms with Crippen LogP contribution in [0.25, 0.3) is 11.0 Å². The third-order valence-corrected chi connectivity index (χ3v) is 13.1. The summed E-state index contributed by atoms with van der Waals surface area (Å²) in [4.78, 5) is 114. The monoisotopic (exact) mass is 998 g/mol. The Kier molecular flexibility index (Phi) is 12.7. The van der Waals surface area contributed by atoms with Crippen LogP contribution in [0.4, 0.5) is 5.69 Å². The number of Topliss-reactive ketones (excluding diaryl/α,β-unsaturated/α-hetero) is 4. The summed E-state index contributed by atoms with van der Waals surface area (Å²) in [5, 5.41) is 63.2. The van der Waals surface area contributed by atoms with Crippen molar-refractivity contribution >= 4 is 51.7 Å². The van der Waals surface area contributed by atoms with Crippen molar-refractivity contribution in [2.24, 2.45) is 5.92 Å². The number of ether oxygens (including phenoxy) is 6. The van der Waals surface area contributed by atoms with Crippen LogP contribution in [0.5, 0.6) is 28.7 Å². The molecule has 24 heteroatoms. The number of phenolic OH excluding ortho intramolecular Hbond substituents is 1. The van der Waals surface area contributed by atoms with Crippen LogP contribution in [0, 0.1) is 23.0 Å². The number of fused-ring (bicyclic) bond motifs is 2. The number of carbonyl (C=O) groups excluding carboxylic acids is 6. The number of ketones is 4. The second-order valence-corrected chi connectivity index (χ2v) is 18.1. The maximum absolute atomic E-state index is 14.5. The Hall–Kier alpha value is -8.22. The number of nitro groups is 1. The fraction of sp³-hybridized carbons (Fsp3) is 0.375. The van der Waals surface area contributed by atoms with Gasteiger partial charge in [-0.05, 0) is 57.0 Å². The molecule has 1 aliphatic carbocycles. The van der Waals surface area contributed by atoms with Gasteiger partial charge in [0.1, 0.15) is 34.6 Å². The number of esters is 1. The first kappa shape index (κ1) is 50.2. The molecule has 0 spiro atoms. The molecule has 6 N–H and O–H groups in total. The molecule has 1 saturated heterocycles. The zero-order chi connectivity index (χ0) is 52.6. The highest BCUT2D eigenvalue weighted by Gasteiger charge is 2.56. The molecule has 4 aromatic rings. The van der Waals surface area contributed by atoms with Crippen molar-refractivity contribution in [2.45, 2.75) is 89.8 Å². The third kappa shape index (κ3) is 8.21. The van der Waals surface area contributed by atoms with Gasteiger partial charge in [-0.1, -0.05) is 13.0 Å². The average molecular weight is 999 g/mol. The number of methoxy groups -OCH3 is 2. The fourth-order valence-corrected chi connectivity index (χ4v) is 9.28. The number of allylic oxidation sites excluding steroid dienone is 3. The number of carbonyl (C=O) groups is 6. The van der Waals surface area contributed by atoms with Crippen LogP contribution in [0.3, 0.4) is 0 Å². The van der Waals surface area contributed by atoms with Crippen LogP contribution in [-0.2, 0) is 23.7 Å². The number of rotatable bonds is 9. The van der Waals surface area contributed by atoms with E-state index < -0.39 is 163 Å². The largest absolute Gasteiger partial charge is 0.507 e. The topological polar surface area (TPSA) is 349 Å². The van der Waals surface area contributed by atoms with Crippen LogP contribution in [-0.4, -0.2) is 128 Å². The number of aliphatic hydroxyl groups is 1. The van der Waals surface area contributed by atoms with Crippen molar-refractivity contribution in [3.63, 3.8) is 0 Å². The maximum Gasteiger partial charge on any atom is 0.364 e. The normalized spacial score (nSPS) is 26.8. The van der Waals surface area contributed by atoms with E-state index >= 15 is 0 Å². The highest BCUT2D eigenvalue weighted by atomic mass is 16.7. The summed E-state index contributed by atoms with van der Waals surface area (Å²) in [7, 11) is 2.59. The lowest BCUT2D eigenvalue weighted by molar-refractivity contribution is -0.593. The minimum atomic E-state index is -2.40. The van der Waals surface area contributed by atoms with E-state index in [4.69, 9.17) is 32.8 Å². The van der Waals surface area contributed by atoms with Crippen LogP contribution in [0.2, 0.25) is 0 Å². The van der Waals surface area contributed by atoms with E-state index in [2.05, 4.69) is 15.6 Å². The van der Waals surface area contributed by atoms with Crippen LogP contribution in [0.15, 0.2) is 62.6 Å². The predicted octanol–water partition coefficient (Wildman–Crippen LogP) is 3.34. The molecule has 1 amide bonds. The number of pyridine rings is 1. The molecule has 2 aromatic carbocycles. The molecule has 3 bridgehead atoms. The van der Waals surface area contributed by atoms with Gasteiger partial charge in [-0.2, -0.15) is 0 Å². The second kappa shape index (κ2) is 18.2. The first-order valence-electron chi connectivity index (χ1n) is 22.0. The first-order chi connectivity index (χ1) is 33.8. The molecule has 0 saturated carbocycles. The molecule has 8 unspecified atom stereocenters. The molecule has 8 atom stereocenters. The van der Waals surface area contributed by atoms with Crippen molar-refractivity contribution in [1.82, 2.24) is 10.3 Å². The number of aromatic hydroxyl groups is 3. The molecule has 72 heavy (non-hydrogen) atoms. The Morgan fingerprint density at radius 2 is 1.67 bits per heavy atom. The number of aryl methyl sites for hydroxylation is 1. The van der Waals surface area contributed by atoms with Crippen molar-refractivity contribution in [3.05, 3.63) is 108 Å². The first-order valence-corrected chi connectivity index (χ1v) is 22.0. The minimum absolute atomic E-state index is 0.0464. The molecule has 378 valence electrons. The number of aromatic nitrogens is 1. The predicted molar refractivity (Wildman–Crippen MR) is 244 cm³/mol. The SMILES string of the molecule is COc1ccc2c(O)c(NC(=O)c3cc(OC4CC(C)([N+](=O)[O-])C(OC)C(C)O4)c(O)c(C(=O)OC4C(C)/C=C(/C)C(=O)c5c(O)c(C)cc6c5C(=O)C5=C(NCC(C)(O5)C(=O)C4O)C6=O)n3)c(=O)oc2c1. The van der Waals surface area contributed by atoms with Gasteiger partial charge in [-0.25, -0.2) is 14.6 Å². The van der Waals surface area contributed by atoms with E-state index in [9.17, 15) is 64.1 Å². The molecule has 1 fully saturated rings. The van der Waals surface area contributed by atoms with Gasteiger partial charge in [0.25, 0.3) is 11.4 Å². The molecule has 5 heterocycles. The summed E-state index contributed by atoms with van der Waals surface area (Å²) in [5.41, 5.74) is -10.0. The Labute approximate surface area is 406 Å². The van der Waals surface area contributed by atoms with E-state index in [-0.39, 0.29) is 39.1 Å². The van der Waals surface area contributed by atoms with Gasteiger partial charge in [0.2, 0.25) is 23.6 Å². The summed E-state index contributed by atoms with van der Waals surface area (Å²) in [5.74, 6) is -12.1. The number of nitrogens with zero attached hydrogens (tertiary/aromatic N) is 2. The van der Waals surface area contributed by atoms with Crippen molar-refractivity contribution < 1.29 is 87.0 Å². The number of benzene rings is 2. The number of anilines is 1. The molecule has 4 aliphatic rings.